The van der Waals surface area contributed by atoms with Crippen molar-refractivity contribution in [2.45, 2.75) is 53.0 Å². The van der Waals surface area contributed by atoms with E-state index in [0.29, 0.717) is 5.56 Å². The summed E-state index contributed by atoms with van der Waals surface area (Å²) < 4.78 is 2.13. The zero-order valence-electron chi connectivity index (χ0n) is 18.7. The normalized spacial score (nSPS) is 15.2. The summed E-state index contributed by atoms with van der Waals surface area (Å²) in [6.07, 6.45) is 5.18. The van der Waals surface area contributed by atoms with E-state index in [1.807, 2.05) is 32.0 Å². The number of carbonyl (C=O) groups excluding carboxylic acids is 1. The van der Waals surface area contributed by atoms with Gasteiger partial charge in [0.25, 0.3) is 5.91 Å². The van der Waals surface area contributed by atoms with E-state index in [1.165, 1.54) is 31.4 Å². The van der Waals surface area contributed by atoms with Gasteiger partial charge in [0.2, 0.25) is 0 Å². The number of rotatable bonds is 5. The van der Waals surface area contributed by atoms with Crippen molar-refractivity contribution in [3.8, 4) is 0 Å². The minimum Gasteiger partial charge on any atom is -0.372 e. The molecule has 31 heavy (non-hydrogen) atoms. The number of hydrazone groups is 1. The Hall–Kier alpha value is -3.15. The molecule has 2 heterocycles. The van der Waals surface area contributed by atoms with Crippen LogP contribution >= 0.6 is 0 Å². The molecule has 0 aliphatic carbocycles. The number of aryl methyl sites for hydroxylation is 2. The quantitative estimate of drug-likeness (QED) is 0.474. The van der Waals surface area contributed by atoms with E-state index in [9.17, 15) is 4.79 Å². The fraction of sp³-hybridized carbons (Fsp3) is 0.400. The molecule has 1 aromatic heterocycles. The third-order valence-corrected chi connectivity index (χ3v) is 6.10. The van der Waals surface area contributed by atoms with Crippen LogP contribution in [0.25, 0.3) is 11.0 Å². The number of carbonyl (C=O) groups is 1. The number of hydrogen-bond donors (Lipinski definition) is 1. The number of benzene rings is 2. The van der Waals surface area contributed by atoms with Gasteiger partial charge in [0.1, 0.15) is 5.82 Å². The van der Waals surface area contributed by atoms with E-state index in [4.69, 9.17) is 0 Å². The van der Waals surface area contributed by atoms with Crippen LogP contribution in [0, 0.1) is 6.92 Å². The minimum absolute atomic E-state index is 0.230. The summed E-state index contributed by atoms with van der Waals surface area (Å²) in [6.45, 7) is 9.10. The Labute approximate surface area is 184 Å². The lowest BCUT2D eigenvalue weighted by Gasteiger charge is -2.22. The molecule has 3 aromatic rings. The standard InChI is InChI=1S/C25H31N5O/c1-4-30-19(3)26-23-17-21(11-14-24(23)30)25(31)28-27-18(2)20-9-12-22(13-10-20)29-15-7-5-6-8-16-29/h9-14,17H,4-8,15-16H2,1-3H3,(H,28,31). The number of hydrogen-bond acceptors (Lipinski definition) is 4. The van der Waals surface area contributed by atoms with Gasteiger partial charge < -0.3 is 9.47 Å². The zero-order chi connectivity index (χ0) is 21.8. The Morgan fingerprint density at radius 1 is 1.03 bits per heavy atom. The van der Waals surface area contributed by atoms with Crippen molar-refractivity contribution in [1.82, 2.24) is 15.0 Å². The fourth-order valence-electron chi connectivity index (χ4n) is 4.30. The lowest BCUT2D eigenvalue weighted by Crippen LogP contribution is -2.23. The van der Waals surface area contributed by atoms with Crippen molar-refractivity contribution >= 4 is 28.3 Å². The van der Waals surface area contributed by atoms with Gasteiger partial charge in [-0.15, -0.1) is 0 Å². The van der Waals surface area contributed by atoms with Gasteiger partial charge >= 0.3 is 0 Å². The van der Waals surface area contributed by atoms with E-state index in [1.54, 1.807) is 0 Å². The summed E-state index contributed by atoms with van der Waals surface area (Å²) in [5.41, 5.74) is 8.17. The first-order chi connectivity index (χ1) is 15.1. The Bertz CT molecular complexity index is 1090. The molecule has 1 N–H and O–H groups in total. The zero-order valence-corrected chi connectivity index (χ0v) is 18.7. The Balaban J connectivity index is 1.44. The Kier molecular flexibility index (Phi) is 6.35. The minimum atomic E-state index is -0.230. The Morgan fingerprint density at radius 2 is 1.71 bits per heavy atom. The molecule has 0 atom stereocenters. The molecular weight excluding hydrogens is 386 g/mol. The molecule has 162 valence electrons. The van der Waals surface area contributed by atoms with Crippen LogP contribution in [-0.4, -0.2) is 34.3 Å². The van der Waals surface area contributed by atoms with Crippen molar-refractivity contribution in [2.75, 3.05) is 18.0 Å². The van der Waals surface area contributed by atoms with Crippen LogP contribution in [0.5, 0.6) is 0 Å². The third kappa shape index (κ3) is 4.63. The van der Waals surface area contributed by atoms with Crippen LogP contribution in [0.3, 0.4) is 0 Å². The predicted molar refractivity (Wildman–Crippen MR) is 127 cm³/mol. The second-order valence-corrected chi connectivity index (χ2v) is 8.19. The first-order valence-electron chi connectivity index (χ1n) is 11.2. The highest BCUT2D eigenvalue weighted by Gasteiger charge is 2.12. The van der Waals surface area contributed by atoms with Crippen molar-refractivity contribution in [1.29, 1.82) is 0 Å². The summed E-state index contributed by atoms with van der Waals surface area (Å²) >= 11 is 0. The molecule has 1 aliphatic heterocycles. The molecular formula is C25H31N5O. The number of fused-ring (bicyclic) bond motifs is 1. The molecule has 1 amide bonds. The molecule has 0 bridgehead atoms. The number of anilines is 1. The maximum atomic E-state index is 12.6. The number of imidazole rings is 1. The average molecular weight is 418 g/mol. The van der Waals surface area contributed by atoms with Gasteiger partial charge in [0, 0.05) is 30.9 Å². The fourth-order valence-corrected chi connectivity index (χ4v) is 4.30. The lowest BCUT2D eigenvalue weighted by molar-refractivity contribution is 0.0955. The summed E-state index contributed by atoms with van der Waals surface area (Å²) in [5.74, 6) is 0.721. The van der Waals surface area contributed by atoms with Crippen LogP contribution < -0.4 is 10.3 Å². The van der Waals surface area contributed by atoms with E-state index >= 15 is 0 Å². The topological polar surface area (TPSA) is 62.5 Å². The first kappa shape index (κ1) is 21.1. The molecule has 1 fully saturated rings. The number of nitrogens with one attached hydrogen (secondary N) is 1. The van der Waals surface area contributed by atoms with Crippen LogP contribution in [-0.2, 0) is 6.54 Å². The maximum absolute atomic E-state index is 12.6. The number of aromatic nitrogens is 2. The van der Waals surface area contributed by atoms with Crippen molar-refractivity contribution in [3.63, 3.8) is 0 Å². The smallest absolute Gasteiger partial charge is 0.271 e. The molecule has 0 spiro atoms. The molecule has 1 saturated heterocycles. The van der Waals surface area contributed by atoms with Crippen LogP contribution in [0.1, 0.15) is 61.3 Å². The van der Waals surface area contributed by atoms with Crippen LogP contribution in [0.2, 0.25) is 0 Å². The molecule has 0 radical (unpaired) electrons. The van der Waals surface area contributed by atoms with Crippen LogP contribution in [0.4, 0.5) is 5.69 Å². The van der Waals surface area contributed by atoms with Crippen LogP contribution in [0.15, 0.2) is 47.6 Å². The molecule has 0 unspecified atom stereocenters. The molecule has 1 aliphatic rings. The second kappa shape index (κ2) is 9.33. The molecule has 2 aromatic carbocycles. The summed E-state index contributed by atoms with van der Waals surface area (Å²) in [4.78, 5) is 19.6. The van der Waals surface area contributed by atoms with E-state index in [-0.39, 0.29) is 5.91 Å². The Morgan fingerprint density at radius 3 is 2.39 bits per heavy atom. The summed E-state index contributed by atoms with van der Waals surface area (Å²) in [6, 6.07) is 14.1. The molecule has 6 heteroatoms. The SMILES string of the molecule is CCn1c(C)nc2cc(C(=O)NN=C(C)c3ccc(N4CCCCCC4)cc3)ccc21. The summed E-state index contributed by atoms with van der Waals surface area (Å²) in [5, 5.41) is 4.32. The van der Waals surface area contributed by atoms with Gasteiger partial charge in [0.15, 0.2) is 0 Å². The van der Waals surface area contributed by atoms with E-state index < -0.39 is 0 Å². The monoisotopic (exact) mass is 417 g/mol. The molecule has 0 saturated carbocycles. The van der Waals surface area contributed by atoms with E-state index in [0.717, 1.165) is 47.8 Å². The first-order valence-corrected chi connectivity index (χ1v) is 11.2. The average Bonchev–Trinajstić information content (AvgIpc) is 2.94. The number of amides is 1. The molecule has 6 nitrogen and oxygen atoms in total. The van der Waals surface area contributed by atoms with Gasteiger partial charge in [-0.05, 0) is 69.5 Å². The maximum Gasteiger partial charge on any atom is 0.271 e. The van der Waals surface area contributed by atoms with Gasteiger partial charge in [-0.2, -0.15) is 5.10 Å². The van der Waals surface area contributed by atoms with E-state index in [2.05, 4.69) is 56.2 Å². The third-order valence-electron chi connectivity index (χ3n) is 6.10. The highest BCUT2D eigenvalue weighted by atomic mass is 16.2. The predicted octanol–water partition coefficient (Wildman–Crippen LogP) is 4.90. The van der Waals surface area contributed by atoms with Gasteiger partial charge in [-0.1, -0.05) is 25.0 Å². The highest BCUT2D eigenvalue weighted by Crippen LogP contribution is 2.21. The van der Waals surface area contributed by atoms with Crippen molar-refractivity contribution in [3.05, 3.63) is 59.4 Å². The number of nitrogens with zero attached hydrogens (tertiary/aromatic N) is 4. The van der Waals surface area contributed by atoms with Gasteiger partial charge in [-0.3, -0.25) is 4.79 Å². The largest absolute Gasteiger partial charge is 0.372 e. The van der Waals surface area contributed by atoms with Crippen molar-refractivity contribution in [2.24, 2.45) is 5.10 Å². The lowest BCUT2D eigenvalue weighted by atomic mass is 10.1. The second-order valence-electron chi connectivity index (χ2n) is 8.19. The van der Waals surface area contributed by atoms with Gasteiger partial charge in [-0.25, -0.2) is 10.4 Å². The summed E-state index contributed by atoms with van der Waals surface area (Å²) in [7, 11) is 0. The van der Waals surface area contributed by atoms with Crippen molar-refractivity contribution < 1.29 is 4.79 Å². The van der Waals surface area contributed by atoms with Gasteiger partial charge in [0.05, 0.1) is 16.7 Å². The highest BCUT2D eigenvalue weighted by molar-refractivity contribution is 6.01. The molecule has 4 rings (SSSR count).